The van der Waals surface area contributed by atoms with Gasteiger partial charge in [0.1, 0.15) is 30.0 Å². The van der Waals surface area contributed by atoms with Crippen LogP contribution in [0.15, 0.2) is 48.5 Å². The molecule has 2 aromatic carbocycles. The molecule has 0 radical (unpaired) electrons. The molecule has 160 valence electrons. The number of ether oxygens (including phenoxy) is 2. The number of allylic oxidation sites excluding steroid dienone is 1. The van der Waals surface area contributed by atoms with Crippen LogP contribution in [0.5, 0.6) is 17.2 Å². The maximum Gasteiger partial charge on any atom is 0.416 e. The lowest BCUT2D eigenvalue weighted by Gasteiger charge is -2.27. The number of phenolic OH excluding ortho intramolecular Hbond substituents is 1. The molecular formula is C23H24F3NO3. The first kappa shape index (κ1) is 20.6. The Kier molecular flexibility index (Phi) is 5.90. The summed E-state index contributed by atoms with van der Waals surface area (Å²) in [5.74, 6) is 0.537. The van der Waals surface area contributed by atoms with Gasteiger partial charge < -0.3 is 14.6 Å². The zero-order valence-corrected chi connectivity index (χ0v) is 16.5. The minimum atomic E-state index is -4.52. The monoisotopic (exact) mass is 419 g/mol. The van der Waals surface area contributed by atoms with Gasteiger partial charge in [-0.25, -0.2) is 0 Å². The number of alkyl halides is 3. The third-order valence-corrected chi connectivity index (χ3v) is 5.47. The second-order valence-electron chi connectivity index (χ2n) is 7.62. The molecule has 0 aliphatic carbocycles. The first-order chi connectivity index (χ1) is 14.4. The van der Waals surface area contributed by atoms with Crippen molar-refractivity contribution in [1.82, 2.24) is 4.90 Å². The molecule has 2 aromatic rings. The summed E-state index contributed by atoms with van der Waals surface area (Å²) in [4.78, 5) is 2.38. The van der Waals surface area contributed by atoms with Crippen molar-refractivity contribution in [2.45, 2.75) is 31.5 Å². The highest BCUT2D eigenvalue weighted by atomic mass is 19.4. The number of hydrogen-bond acceptors (Lipinski definition) is 4. The average Bonchev–Trinajstić information content (AvgIpc) is 2.73. The van der Waals surface area contributed by atoms with Gasteiger partial charge in [-0.15, -0.1) is 0 Å². The van der Waals surface area contributed by atoms with Gasteiger partial charge >= 0.3 is 6.18 Å². The van der Waals surface area contributed by atoms with Crippen LogP contribution < -0.4 is 9.47 Å². The number of phenols is 1. The molecule has 1 unspecified atom stereocenters. The van der Waals surface area contributed by atoms with E-state index in [-0.39, 0.29) is 17.1 Å². The zero-order chi connectivity index (χ0) is 21.1. The number of hydrogen-bond donors (Lipinski definition) is 1. The number of likely N-dealkylation sites (tertiary alicyclic amines) is 1. The fraction of sp³-hybridized carbons (Fsp3) is 0.391. The van der Waals surface area contributed by atoms with Crippen molar-refractivity contribution in [2.75, 3.05) is 26.2 Å². The van der Waals surface area contributed by atoms with Gasteiger partial charge in [-0.3, -0.25) is 4.90 Å². The normalized spacial score (nSPS) is 19.6. The summed E-state index contributed by atoms with van der Waals surface area (Å²) < 4.78 is 52.2. The Labute approximate surface area is 173 Å². The third-order valence-electron chi connectivity index (χ3n) is 5.47. The highest BCUT2D eigenvalue weighted by Crippen LogP contribution is 2.45. The number of aromatic hydroxyl groups is 1. The SMILES string of the molecule is Oc1ccc2c(c1)OC(c1ccc(OCCN3CCCCC3)cc1)C=C2C(F)(F)F. The van der Waals surface area contributed by atoms with Gasteiger partial charge in [0.25, 0.3) is 0 Å². The Morgan fingerprint density at radius 3 is 2.47 bits per heavy atom. The van der Waals surface area contributed by atoms with E-state index in [1.807, 2.05) is 0 Å². The van der Waals surface area contributed by atoms with Crippen LogP contribution in [0.2, 0.25) is 0 Å². The van der Waals surface area contributed by atoms with Gasteiger partial charge in [0, 0.05) is 18.2 Å². The second kappa shape index (κ2) is 8.60. The van der Waals surface area contributed by atoms with Crippen molar-refractivity contribution >= 4 is 5.57 Å². The first-order valence-corrected chi connectivity index (χ1v) is 10.1. The molecular weight excluding hydrogens is 395 g/mol. The predicted molar refractivity (Wildman–Crippen MR) is 108 cm³/mol. The molecule has 2 aliphatic rings. The topological polar surface area (TPSA) is 41.9 Å². The predicted octanol–water partition coefficient (Wildman–Crippen LogP) is 5.34. The molecule has 0 bridgehead atoms. The molecule has 0 aromatic heterocycles. The molecule has 0 spiro atoms. The van der Waals surface area contributed by atoms with Crippen molar-refractivity contribution in [1.29, 1.82) is 0 Å². The molecule has 2 heterocycles. The van der Waals surface area contributed by atoms with Crippen LogP contribution in [0.3, 0.4) is 0 Å². The molecule has 4 rings (SSSR count). The molecule has 1 saturated heterocycles. The number of halogens is 3. The van der Waals surface area contributed by atoms with Gasteiger partial charge in [0.15, 0.2) is 0 Å². The molecule has 1 N–H and O–H groups in total. The molecule has 4 nitrogen and oxygen atoms in total. The number of benzene rings is 2. The van der Waals surface area contributed by atoms with E-state index in [1.54, 1.807) is 24.3 Å². The van der Waals surface area contributed by atoms with Gasteiger partial charge in [-0.05, 0) is 61.8 Å². The van der Waals surface area contributed by atoms with Crippen LogP contribution in [-0.4, -0.2) is 42.4 Å². The Hall–Kier alpha value is -2.67. The lowest BCUT2D eigenvalue weighted by Crippen LogP contribution is -2.33. The number of rotatable bonds is 5. The zero-order valence-electron chi connectivity index (χ0n) is 16.5. The molecule has 2 aliphatic heterocycles. The summed E-state index contributed by atoms with van der Waals surface area (Å²) in [5.41, 5.74) is -0.265. The molecule has 0 amide bonds. The Bertz CT molecular complexity index is 903. The maximum atomic E-state index is 13.6. The van der Waals surface area contributed by atoms with Crippen LogP contribution in [0.25, 0.3) is 5.57 Å². The van der Waals surface area contributed by atoms with E-state index in [2.05, 4.69) is 4.90 Å². The summed E-state index contributed by atoms with van der Waals surface area (Å²) in [6.45, 7) is 3.65. The largest absolute Gasteiger partial charge is 0.508 e. The van der Waals surface area contributed by atoms with Gasteiger partial charge in [-0.2, -0.15) is 13.2 Å². The van der Waals surface area contributed by atoms with Gasteiger partial charge in [0.2, 0.25) is 0 Å². The smallest absolute Gasteiger partial charge is 0.416 e. The van der Waals surface area contributed by atoms with Crippen molar-refractivity contribution in [2.24, 2.45) is 0 Å². The standard InChI is InChI=1S/C23H24F3NO3/c24-23(25,26)20-15-21(30-22-14-17(28)6-9-19(20)22)16-4-7-18(8-5-16)29-13-12-27-10-2-1-3-11-27/h4-9,14-15,21,28H,1-3,10-13H2. The fourth-order valence-corrected chi connectivity index (χ4v) is 3.88. The quantitative estimate of drug-likeness (QED) is 0.711. The van der Waals surface area contributed by atoms with E-state index in [0.29, 0.717) is 17.9 Å². The third kappa shape index (κ3) is 4.73. The van der Waals surface area contributed by atoms with Crippen molar-refractivity contribution < 1.29 is 27.8 Å². The van der Waals surface area contributed by atoms with E-state index in [4.69, 9.17) is 9.47 Å². The van der Waals surface area contributed by atoms with E-state index < -0.39 is 17.9 Å². The lowest BCUT2D eigenvalue weighted by atomic mass is 9.96. The van der Waals surface area contributed by atoms with E-state index in [1.165, 1.54) is 37.5 Å². The van der Waals surface area contributed by atoms with Crippen LogP contribution in [0.1, 0.15) is 36.5 Å². The van der Waals surface area contributed by atoms with Crippen molar-refractivity contribution in [3.05, 3.63) is 59.7 Å². The van der Waals surface area contributed by atoms with Crippen LogP contribution in [0, 0.1) is 0 Å². The fourth-order valence-electron chi connectivity index (χ4n) is 3.88. The highest BCUT2D eigenvalue weighted by Gasteiger charge is 2.39. The summed E-state index contributed by atoms with van der Waals surface area (Å²) in [7, 11) is 0. The Morgan fingerprint density at radius 2 is 1.77 bits per heavy atom. The maximum absolute atomic E-state index is 13.6. The van der Waals surface area contributed by atoms with Crippen LogP contribution >= 0.6 is 0 Å². The number of fused-ring (bicyclic) bond motifs is 1. The summed E-state index contributed by atoms with van der Waals surface area (Å²) >= 11 is 0. The summed E-state index contributed by atoms with van der Waals surface area (Å²) in [6.07, 6.45) is -0.610. The van der Waals surface area contributed by atoms with Crippen molar-refractivity contribution in [3.8, 4) is 17.2 Å². The van der Waals surface area contributed by atoms with E-state index in [9.17, 15) is 18.3 Å². The average molecular weight is 419 g/mol. The van der Waals surface area contributed by atoms with Gasteiger partial charge in [-0.1, -0.05) is 18.6 Å². The van der Waals surface area contributed by atoms with Crippen LogP contribution in [-0.2, 0) is 0 Å². The molecule has 1 atom stereocenters. The van der Waals surface area contributed by atoms with Gasteiger partial charge in [0.05, 0.1) is 5.57 Å². The Morgan fingerprint density at radius 1 is 1.03 bits per heavy atom. The molecule has 30 heavy (non-hydrogen) atoms. The molecule has 1 fully saturated rings. The van der Waals surface area contributed by atoms with E-state index >= 15 is 0 Å². The number of piperidine rings is 1. The molecule has 0 saturated carbocycles. The van der Waals surface area contributed by atoms with Crippen LogP contribution in [0.4, 0.5) is 13.2 Å². The summed E-state index contributed by atoms with van der Waals surface area (Å²) in [5, 5.41) is 9.65. The number of nitrogens with zero attached hydrogens (tertiary/aromatic N) is 1. The molecule has 7 heteroatoms. The van der Waals surface area contributed by atoms with Crippen molar-refractivity contribution in [3.63, 3.8) is 0 Å². The Balaban J connectivity index is 1.45. The minimum absolute atomic E-state index is 0.0108. The lowest BCUT2D eigenvalue weighted by molar-refractivity contribution is -0.0701. The minimum Gasteiger partial charge on any atom is -0.508 e. The summed E-state index contributed by atoms with van der Waals surface area (Å²) in [6, 6.07) is 10.6. The highest BCUT2D eigenvalue weighted by molar-refractivity contribution is 5.76. The van der Waals surface area contributed by atoms with E-state index in [0.717, 1.165) is 25.7 Å². The second-order valence-corrected chi connectivity index (χ2v) is 7.62. The first-order valence-electron chi connectivity index (χ1n) is 10.1.